The lowest BCUT2D eigenvalue weighted by Crippen LogP contribution is -2.14. The molecule has 5 heteroatoms. The van der Waals surface area contributed by atoms with Crippen LogP contribution >= 0.6 is 0 Å². The van der Waals surface area contributed by atoms with Gasteiger partial charge in [0, 0.05) is 19.4 Å². The van der Waals surface area contributed by atoms with E-state index in [1.165, 1.54) is 6.33 Å². The van der Waals surface area contributed by atoms with Gasteiger partial charge in [0.2, 0.25) is 0 Å². The molecule has 0 unspecified atom stereocenters. The monoisotopic (exact) mass is 261 g/mol. The van der Waals surface area contributed by atoms with Gasteiger partial charge in [0.1, 0.15) is 23.7 Å². The quantitative estimate of drug-likeness (QED) is 0.767. The first-order valence-electron chi connectivity index (χ1n) is 6.56. The molecule has 0 saturated carbocycles. The van der Waals surface area contributed by atoms with Crippen LogP contribution in [-0.2, 0) is 24.2 Å². The van der Waals surface area contributed by atoms with Crippen LogP contribution in [0.4, 0.5) is 0 Å². The van der Waals surface area contributed by atoms with E-state index in [1.807, 2.05) is 16.8 Å². The number of rotatable bonds is 7. The Labute approximate surface area is 112 Å². The van der Waals surface area contributed by atoms with Gasteiger partial charge in [-0.1, -0.05) is 13.8 Å². The van der Waals surface area contributed by atoms with Gasteiger partial charge in [-0.2, -0.15) is 5.10 Å². The minimum Gasteiger partial charge on any atom is -0.469 e. The van der Waals surface area contributed by atoms with E-state index >= 15 is 0 Å². The molecule has 19 heavy (non-hydrogen) atoms. The van der Waals surface area contributed by atoms with Gasteiger partial charge in [-0.25, -0.2) is 9.67 Å². The van der Waals surface area contributed by atoms with Crippen LogP contribution < -0.4 is 0 Å². The zero-order valence-corrected chi connectivity index (χ0v) is 11.4. The van der Waals surface area contributed by atoms with E-state index in [1.54, 1.807) is 6.26 Å². The SMILES string of the molecule is CC(C)Cn1ncnc1CC(=O)CCc1ccco1. The maximum Gasteiger partial charge on any atom is 0.140 e. The van der Waals surface area contributed by atoms with Crippen molar-refractivity contribution >= 4 is 5.78 Å². The summed E-state index contributed by atoms with van der Waals surface area (Å²) in [6, 6.07) is 3.72. The van der Waals surface area contributed by atoms with Gasteiger partial charge in [0.25, 0.3) is 0 Å². The van der Waals surface area contributed by atoms with Crippen LogP contribution in [0.5, 0.6) is 0 Å². The fraction of sp³-hybridized carbons (Fsp3) is 0.500. The number of ketones is 1. The fourth-order valence-electron chi connectivity index (χ4n) is 1.91. The molecule has 5 nitrogen and oxygen atoms in total. The predicted octanol–water partition coefficient (Wildman–Crippen LogP) is 2.27. The lowest BCUT2D eigenvalue weighted by molar-refractivity contribution is -0.118. The normalized spacial score (nSPS) is 11.1. The third kappa shape index (κ3) is 4.05. The topological polar surface area (TPSA) is 60.9 Å². The smallest absolute Gasteiger partial charge is 0.140 e. The van der Waals surface area contributed by atoms with Crippen molar-refractivity contribution in [1.82, 2.24) is 14.8 Å². The highest BCUT2D eigenvalue weighted by Crippen LogP contribution is 2.07. The van der Waals surface area contributed by atoms with E-state index in [0.29, 0.717) is 25.2 Å². The minimum atomic E-state index is 0.161. The summed E-state index contributed by atoms with van der Waals surface area (Å²) in [5, 5.41) is 4.15. The average Bonchev–Trinajstić information content (AvgIpc) is 2.98. The molecule has 0 aliphatic heterocycles. The van der Waals surface area contributed by atoms with E-state index in [-0.39, 0.29) is 5.78 Å². The molecule has 0 amide bonds. The van der Waals surface area contributed by atoms with Crippen LogP contribution in [-0.4, -0.2) is 20.5 Å². The zero-order valence-electron chi connectivity index (χ0n) is 11.4. The predicted molar refractivity (Wildman–Crippen MR) is 70.6 cm³/mol. The molecule has 0 spiro atoms. The summed E-state index contributed by atoms with van der Waals surface area (Å²) in [5.41, 5.74) is 0. The highest BCUT2D eigenvalue weighted by atomic mass is 16.3. The maximum atomic E-state index is 11.9. The lowest BCUT2D eigenvalue weighted by atomic mass is 10.1. The molecule has 0 fully saturated rings. The summed E-state index contributed by atoms with van der Waals surface area (Å²) in [6.07, 6.45) is 4.59. The highest BCUT2D eigenvalue weighted by Gasteiger charge is 2.11. The number of carbonyl (C=O) groups is 1. The number of furan rings is 1. The van der Waals surface area contributed by atoms with Gasteiger partial charge in [-0.15, -0.1) is 0 Å². The molecule has 2 heterocycles. The van der Waals surface area contributed by atoms with Crippen LogP contribution in [0.1, 0.15) is 31.9 Å². The summed E-state index contributed by atoms with van der Waals surface area (Å²) < 4.78 is 7.03. The summed E-state index contributed by atoms with van der Waals surface area (Å²) >= 11 is 0. The van der Waals surface area contributed by atoms with Gasteiger partial charge < -0.3 is 4.42 Å². The third-order valence-corrected chi connectivity index (χ3v) is 2.82. The number of hydrogen-bond donors (Lipinski definition) is 0. The molecular formula is C14H19N3O2. The molecule has 0 aliphatic rings. The first-order chi connectivity index (χ1) is 9.15. The molecule has 0 bridgehead atoms. The summed E-state index contributed by atoms with van der Waals surface area (Å²) in [7, 11) is 0. The van der Waals surface area contributed by atoms with E-state index in [9.17, 15) is 4.79 Å². The van der Waals surface area contributed by atoms with Crippen molar-refractivity contribution in [2.45, 2.75) is 39.7 Å². The number of nitrogens with zero attached hydrogens (tertiary/aromatic N) is 3. The average molecular weight is 261 g/mol. The molecule has 102 valence electrons. The van der Waals surface area contributed by atoms with Crippen LogP contribution in [0.3, 0.4) is 0 Å². The first-order valence-corrected chi connectivity index (χ1v) is 6.56. The Morgan fingerprint density at radius 2 is 2.32 bits per heavy atom. The van der Waals surface area contributed by atoms with Gasteiger partial charge in [0.05, 0.1) is 12.7 Å². The minimum absolute atomic E-state index is 0.161. The van der Waals surface area contributed by atoms with Crippen molar-refractivity contribution in [2.75, 3.05) is 0 Å². The Morgan fingerprint density at radius 3 is 3.00 bits per heavy atom. The maximum absolute atomic E-state index is 11.9. The molecule has 2 aromatic heterocycles. The van der Waals surface area contributed by atoms with Gasteiger partial charge in [-0.3, -0.25) is 4.79 Å². The second kappa shape index (κ2) is 6.31. The molecule has 0 radical (unpaired) electrons. The van der Waals surface area contributed by atoms with Crippen molar-refractivity contribution in [3.05, 3.63) is 36.3 Å². The van der Waals surface area contributed by atoms with Crippen molar-refractivity contribution in [3.63, 3.8) is 0 Å². The number of aryl methyl sites for hydroxylation is 1. The zero-order chi connectivity index (χ0) is 13.7. The van der Waals surface area contributed by atoms with Crippen LogP contribution in [0, 0.1) is 5.92 Å². The Morgan fingerprint density at radius 1 is 1.47 bits per heavy atom. The summed E-state index contributed by atoms with van der Waals surface area (Å²) in [5.74, 6) is 2.24. The van der Waals surface area contributed by atoms with E-state index in [4.69, 9.17) is 4.42 Å². The van der Waals surface area contributed by atoms with Gasteiger partial charge >= 0.3 is 0 Å². The van der Waals surface area contributed by atoms with Crippen LogP contribution in [0.2, 0.25) is 0 Å². The van der Waals surface area contributed by atoms with Crippen LogP contribution in [0.25, 0.3) is 0 Å². The molecule has 0 aliphatic carbocycles. The van der Waals surface area contributed by atoms with Gasteiger partial charge in [-0.05, 0) is 18.1 Å². The molecule has 0 aromatic carbocycles. The fourth-order valence-corrected chi connectivity index (χ4v) is 1.91. The first kappa shape index (κ1) is 13.5. The highest BCUT2D eigenvalue weighted by molar-refractivity contribution is 5.80. The standard InChI is InChI=1S/C14H19N3O2/c1-11(2)9-17-14(15-10-16-17)8-12(18)5-6-13-4-3-7-19-13/h3-4,7,10-11H,5-6,8-9H2,1-2H3. The second-order valence-electron chi connectivity index (χ2n) is 5.05. The van der Waals surface area contributed by atoms with E-state index < -0.39 is 0 Å². The summed E-state index contributed by atoms with van der Waals surface area (Å²) in [4.78, 5) is 16.1. The molecule has 0 saturated heterocycles. The lowest BCUT2D eigenvalue weighted by Gasteiger charge is -2.07. The van der Waals surface area contributed by atoms with Gasteiger partial charge in [0.15, 0.2) is 0 Å². The number of aromatic nitrogens is 3. The molecule has 2 rings (SSSR count). The van der Waals surface area contributed by atoms with E-state index in [0.717, 1.165) is 18.1 Å². The van der Waals surface area contributed by atoms with Crippen molar-refractivity contribution in [1.29, 1.82) is 0 Å². The molecular weight excluding hydrogens is 242 g/mol. The Hall–Kier alpha value is -1.91. The number of hydrogen-bond acceptors (Lipinski definition) is 4. The Kier molecular flexibility index (Phi) is 4.49. The van der Waals surface area contributed by atoms with Crippen molar-refractivity contribution < 1.29 is 9.21 Å². The number of carbonyl (C=O) groups excluding carboxylic acids is 1. The molecule has 2 aromatic rings. The summed E-state index contributed by atoms with van der Waals surface area (Å²) in [6.45, 7) is 5.02. The van der Waals surface area contributed by atoms with Crippen molar-refractivity contribution in [2.24, 2.45) is 5.92 Å². The Balaban J connectivity index is 1.86. The third-order valence-electron chi connectivity index (χ3n) is 2.82. The van der Waals surface area contributed by atoms with E-state index in [2.05, 4.69) is 23.9 Å². The molecule has 0 atom stereocenters. The number of Topliss-reactive ketones (excluding diaryl/α,β-unsaturated/α-hetero) is 1. The largest absolute Gasteiger partial charge is 0.469 e. The van der Waals surface area contributed by atoms with Crippen LogP contribution in [0.15, 0.2) is 29.1 Å². The second-order valence-corrected chi connectivity index (χ2v) is 5.05. The van der Waals surface area contributed by atoms with Crippen molar-refractivity contribution in [3.8, 4) is 0 Å². The Bertz CT molecular complexity index is 515. The molecule has 0 N–H and O–H groups in total.